The summed E-state index contributed by atoms with van der Waals surface area (Å²) >= 11 is 0. The summed E-state index contributed by atoms with van der Waals surface area (Å²) in [4.78, 5) is 13.9. The molecular formula is C36H47N5O5S. The van der Waals surface area contributed by atoms with Crippen LogP contribution in [0.3, 0.4) is 0 Å². The van der Waals surface area contributed by atoms with Crippen molar-refractivity contribution in [3.8, 4) is 5.75 Å². The van der Waals surface area contributed by atoms with Crippen molar-refractivity contribution in [1.82, 2.24) is 24.6 Å². The Morgan fingerprint density at radius 1 is 1.13 bits per heavy atom. The molecule has 47 heavy (non-hydrogen) atoms. The standard InChI is InChI=1S/C36H47N5O5S/c1-7-28-21-40(47(43,44)32-12-10-9-11-31(32)46-28)20-27-19-25(14-13-23(27)3)33(36(5,6)37-35(42)26-17-18-45-22-26)29-15-16-30-34(24(29)4)38-39-41(30)8-2/h9-16,19,26,28,33,43-44H,7-8,17-18,20-22H2,1-6H3,(H,37,42)/t26?,28-,33+/m1/s1. The highest BCUT2D eigenvalue weighted by atomic mass is 32.3. The molecule has 10 nitrogen and oxygen atoms in total. The normalized spacial score (nSPS) is 21.1. The van der Waals surface area contributed by atoms with Crippen molar-refractivity contribution >= 4 is 27.7 Å². The van der Waals surface area contributed by atoms with Gasteiger partial charge < -0.3 is 14.8 Å². The summed E-state index contributed by atoms with van der Waals surface area (Å²) in [7, 11) is -3.33. The molecule has 0 saturated carbocycles. The number of fused-ring (bicyclic) bond motifs is 2. The van der Waals surface area contributed by atoms with Gasteiger partial charge in [-0.05, 0) is 93.5 Å². The van der Waals surface area contributed by atoms with E-state index in [2.05, 4.69) is 66.7 Å². The van der Waals surface area contributed by atoms with Gasteiger partial charge in [-0.1, -0.05) is 48.5 Å². The molecule has 11 heteroatoms. The number of rotatable bonds is 9. The van der Waals surface area contributed by atoms with E-state index in [4.69, 9.17) is 9.47 Å². The minimum atomic E-state index is -3.33. The van der Waals surface area contributed by atoms with Gasteiger partial charge in [0.25, 0.3) is 0 Å². The number of carbonyl (C=O) groups is 1. The van der Waals surface area contributed by atoms with Crippen molar-refractivity contribution in [2.24, 2.45) is 5.92 Å². The van der Waals surface area contributed by atoms with Crippen LogP contribution in [-0.2, 0) is 22.6 Å². The lowest BCUT2D eigenvalue weighted by Crippen LogP contribution is -2.50. The molecule has 252 valence electrons. The van der Waals surface area contributed by atoms with Crippen LogP contribution in [0.15, 0.2) is 59.5 Å². The van der Waals surface area contributed by atoms with Crippen LogP contribution in [0.25, 0.3) is 11.0 Å². The van der Waals surface area contributed by atoms with Gasteiger partial charge in [0.1, 0.15) is 22.3 Å². The molecule has 0 radical (unpaired) electrons. The van der Waals surface area contributed by atoms with Crippen molar-refractivity contribution in [2.45, 2.75) is 89.9 Å². The predicted molar refractivity (Wildman–Crippen MR) is 185 cm³/mol. The Bertz CT molecular complexity index is 1770. The molecule has 1 amide bonds. The molecule has 2 aliphatic heterocycles. The zero-order chi connectivity index (χ0) is 33.5. The third-order valence-electron chi connectivity index (χ3n) is 9.77. The fourth-order valence-electron chi connectivity index (χ4n) is 7.01. The summed E-state index contributed by atoms with van der Waals surface area (Å²) in [6, 6.07) is 17.8. The maximum Gasteiger partial charge on any atom is 0.225 e. The molecule has 4 aromatic rings. The fraction of sp³-hybridized carbons (Fsp3) is 0.472. The first kappa shape index (κ1) is 33.4. The van der Waals surface area contributed by atoms with Crippen LogP contribution >= 0.6 is 10.8 Å². The van der Waals surface area contributed by atoms with Crippen molar-refractivity contribution < 1.29 is 23.4 Å². The minimum absolute atomic E-state index is 0.0109. The smallest absolute Gasteiger partial charge is 0.225 e. The molecule has 3 heterocycles. The number of hydrogen-bond donors (Lipinski definition) is 3. The highest BCUT2D eigenvalue weighted by Gasteiger charge is 2.39. The Labute approximate surface area is 278 Å². The van der Waals surface area contributed by atoms with E-state index in [-0.39, 0.29) is 23.8 Å². The summed E-state index contributed by atoms with van der Waals surface area (Å²) in [5.41, 5.74) is 6.21. The molecule has 3 atom stereocenters. The van der Waals surface area contributed by atoms with Gasteiger partial charge in [-0.15, -0.1) is 15.9 Å². The van der Waals surface area contributed by atoms with E-state index in [0.29, 0.717) is 43.4 Å². The summed E-state index contributed by atoms with van der Waals surface area (Å²) in [6.45, 7) is 14.8. The Morgan fingerprint density at radius 3 is 2.64 bits per heavy atom. The van der Waals surface area contributed by atoms with Gasteiger partial charge in [0, 0.05) is 31.2 Å². The molecular weight excluding hydrogens is 614 g/mol. The van der Waals surface area contributed by atoms with Crippen LogP contribution in [0, 0.1) is 19.8 Å². The van der Waals surface area contributed by atoms with E-state index in [1.54, 1.807) is 16.4 Å². The predicted octanol–water partition coefficient (Wildman–Crippen LogP) is 6.83. The van der Waals surface area contributed by atoms with E-state index in [9.17, 15) is 13.9 Å². The summed E-state index contributed by atoms with van der Waals surface area (Å²) in [5.74, 6) is 0.0781. The van der Waals surface area contributed by atoms with Crippen LogP contribution < -0.4 is 10.1 Å². The van der Waals surface area contributed by atoms with Gasteiger partial charge in [0.2, 0.25) is 5.91 Å². The average molecular weight is 662 g/mol. The van der Waals surface area contributed by atoms with Crippen LogP contribution in [0.4, 0.5) is 0 Å². The van der Waals surface area contributed by atoms with E-state index in [0.717, 1.165) is 51.8 Å². The number of aryl methyl sites for hydroxylation is 3. The van der Waals surface area contributed by atoms with Crippen molar-refractivity contribution in [3.05, 3.63) is 82.4 Å². The molecule has 2 aliphatic rings. The average Bonchev–Trinajstić information content (AvgIpc) is 3.72. The number of nitrogens with one attached hydrogen (secondary N) is 1. The largest absolute Gasteiger partial charge is 0.487 e. The Kier molecular flexibility index (Phi) is 9.39. The second kappa shape index (κ2) is 13.2. The number of carbonyl (C=O) groups excluding carboxylic acids is 1. The van der Waals surface area contributed by atoms with E-state index in [1.807, 2.05) is 37.6 Å². The highest BCUT2D eigenvalue weighted by Crippen LogP contribution is 2.57. The zero-order valence-corrected chi connectivity index (χ0v) is 29.0. The highest BCUT2D eigenvalue weighted by molar-refractivity contribution is 8.22. The van der Waals surface area contributed by atoms with Gasteiger partial charge in [-0.3, -0.25) is 13.9 Å². The molecule has 3 aromatic carbocycles. The monoisotopic (exact) mass is 661 g/mol. The summed E-state index contributed by atoms with van der Waals surface area (Å²) in [6.07, 6.45) is 1.24. The number of ether oxygens (including phenoxy) is 2. The number of hydrogen-bond acceptors (Lipinski definition) is 8. The maximum atomic E-state index is 13.5. The lowest BCUT2D eigenvalue weighted by Gasteiger charge is -2.42. The molecule has 0 aliphatic carbocycles. The maximum absolute atomic E-state index is 13.5. The fourth-order valence-corrected chi connectivity index (χ4v) is 8.62. The molecule has 6 rings (SSSR count). The van der Waals surface area contributed by atoms with Crippen molar-refractivity contribution in [2.75, 3.05) is 19.8 Å². The van der Waals surface area contributed by atoms with Gasteiger partial charge in [-0.25, -0.2) is 4.68 Å². The van der Waals surface area contributed by atoms with Crippen LogP contribution in [-0.4, -0.2) is 65.7 Å². The first-order chi connectivity index (χ1) is 22.4. The van der Waals surface area contributed by atoms with Crippen LogP contribution in [0.1, 0.15) is 74.3 Å². The molecule has 1 saturated heterocycles. The van der Waals surface area contributed by atoms with Crippen LogP contribution in [0.5, 0.6) is 5.75 Å². The van der Waals surface area contributed by atoms with E-state index >= 15 is 0 Å². The third kappa shape index (κ3) is 6.39. The molecule has 1 fully saturated rings. The minimum Gasteiger partial charge on any atom is -0.487 e. The summed E-state index contributed by atoms with van der Waals surface area (Å²) in [5, 5.41) is 12.3. The van der Waals surface area contributed by atoms with Crippen molar-refractivity contribution in [1.29, 1.82) is 0 Å². The number of para-hydroxylation sites is 1. The second-order valence-corrected chi connectivity index (χ2v) is 15.4. The molecule has 1 unspecified atom stereocenters. The Morgan fingerprint density at radius 2 is 1.91 bits per heavy atom. The van der Waals surface area contributed by atoms with E-state index in [1.165, 1.54) is 0 Å². The number of amides is 1. The second-order valence-electron chi connectivity index (χ2n) is 13.4. The van der Waals surface area contributed by atoms with Gasteiger partial charge >= 0.3 is 0 Å². The Balaban J connectivity index is 1.43. The molecule has 1 aromatic heterocycles. The molecule has 3 N–H and O–H groups in total. The topological polar surface area (TPSA) is 122 Å². The van der Waals surface area contributed by atoms with Crippen molar-refractivity contribution in [3.63, 3.8) is 0 Å². The summed E-state index contributed by atoms with van der Waals surface area (Å²) < 4.78 is 38.8. The van der Waals surface area contributed by atoms with Gasteiger partial charge in [0.15, 0.2) is 0 Å². The molecule has 0 bridgehead atoms. The quantitative estimate of drug-likeness (QED) is 0.179. The van der Waals surface area contributed by atoms with E-state index < -0.39 is 16.3 Å². The Hall–Kier alpha value is -3.48. The lowest BCUT2D eigenvalue weighted by molar-refractivity contribution is -0.126. The third-order valence-corrected chi connectivity index (χ3v) is 11.7. The zero-order valence-electron chi connectivity index (χ0n) is 28.2. The molecule has 0 spiro atoms. The number of aromatic nitrogens is 3. The SMILES string of the molecule is CC[C@@H]1CN(Cc2cc([C@@H](c3ccc4c(nnn4CC)c3C)C(C)(C)NC(=O)C3CCOC3)ccc2C)S(O)(O)c2ccccc2O1. The van der Waals surface area contributed by atoms with Gasteiger partial charge in [0.05, 0.1) is 24.6 Å². The number of benzene rings is 3. The van der Waals surface area contributed by atoms with Gasteiger partial charge in [-0.2, -0.15) is 4.31 Å². The first-order valence-electron chi connectivity index (χ1n) is 16.6. The number of nitrogens with zero attached hydrogens (tertiary/aromatic N) is 4. The van der Waals surface area contributed by atoms with Crippen LogP contribution in [0.2, 0.25) is 0 Å². The lowest BCUT2D eigenvalue weighted by atomic mass is 9.74. The first-order valence-corrected chi connectivity index (χ1v) is 18.1.